The first-order valence-corrected chi connectivity index (χ1v) is 12.3. The molecule has 8 nitrogen and oxygen atoms in total. The Hall–Kier alpha value is -2.63. The van der Waals surface area contributed by atoms with Crippen LogP contribution in [-0.4, -0.2) is 79.3 Å². The summed E-state index contributed by atoms with van der Waals surface area (Å²) in [5.41, 5.74) is 0.232. The molecule has 0 spiro atoms. The van der Waals surface area contributed by atoms with Crippen molar-refractivity contribution >= 4 is 11.9 Å². The lowest BCUT2D eigenvalue weighted by molar-refractivity contribution is -0.125. The monoisotopic (exact) mass is 469 g/mol. The van der Waals surface area contributed by atoms with Crippen LogP contribution in [0.3, 0.4) is 0 Å². The number of rotatable bonds is 7. The second-order valence-corrected chi connectivity index (χ2v) is 10.6. The molecule has 2 heterocycles. The normalized spacial score (nSPS) is 19.6. The highest BCUT2D eigenvalue weighted by Gasteiger charge is 2.39. The third-order valence-corrected chi connectivity index (χ3v) is 6.57. The minimum absolute atomic E-state index is 0.166. The van der Waals surface area contributed by atoms with Crippen LogP contribution in [0.1, 0.15) is 45.6 Å². The maximum absolute atomic E-state index is 13.3. The summed E-state index contributed by atoms with van der Waals surface area (Å²) in [5.74, 6) is -0.282. The number of nitrogens with zero attached hydrogens (tertiary/aromatic N) is 3. The van der Waals surface area contributed by atoms with Crippen LogP contribution >= 0.6 is 0 Å². The molecule has 2 saturated heterocycles. The molecule has 2 aliphatic heterocycles. The van der Waals surface area contributed by atoms with Crippen molar-refractivity contribution in [2.75, 3.05) is 45.9 Å². The Morgan fingerprint density at radius 2 is 1.76 bits per heavy atom. The fourth-order valence-corrected chi connectivity index (χ4v) is 4.51. The lowest BCUT2D eigenvalue weighted by Gasteiger charge is -2.39. The molecule has 0 aliphatic carbocycles. The largest absolute Gasteiger partial charge is 0.378 e. The summed E-state index contributed by atoms with van der Waals surface area (Å²) in [7, 11) is 0. The van der Waals surface area contributed by atoms with Gasteiger partial charge < -0.3 is 25.2 Å². The summed E-state index contributed by atoms with van der Waals surface area (Å²) in [6.07, 6.45) is 2.60. The number of carbonyl (C=O) groups excluding carboxylic acids is 2. The standard InChI is InChI=1S/C26H39N5O3/c1-25(2,3)19-22(28-24(33)31-15-17-34-18-16-31)23(32)29-26(20-27)10-13-30(14-11-26)12-9-21-7-5-4-6-8-21/h4-8,22H,9-19H2,1-3H3,(H,28,33)(H,29,32). The zero-order valence-corrected chi connectivity index (χ0v) is 20.8. The molecular formula is C26H39N5O3. The van der Waals surface area contributed by atoms with Gasteiger partial charge >= 0.3 is 6.03 Å². The second-order valence-electron chi connectivity index (χ2n) is 10.6. The van der Waals surface area contributed by atoms with Crippen LogP contribution in [0.4, 0.5) is 4.79 Å². The van der Waals surface area contributed by atoms with E-state index in [4.69, 9.17) is 4.74 Å². The van der Waals surface area contributed by atoms with Crippen LogP contribution in [0.2, 0.25) is 0 Å². The van der Waals surface area contributed by atoms with E-state index in [1.54, 1.807) is 4.90 Å². The average molecular weight is 470 g/mol. The molecule has 2 fully saturated rings. The molecule has 186 valence electrons. The van der Waals surface area contributed by atoms with E-state index >= 15 is 0 Å². The fraction of sp³-hybridized carbons (Fsp3) is 0.654. The molecule has 3 rings (SSSR count). The number of nitriles is 1. The van der Waals surface area contributed by atoms with E-state index in [1.165, 1.54) is 5.56 Å². The van der Waals surface area contributed by atoms with E-state index in [0.29, 0.717) is 45.6 Å². The molecular weight excluding hydrogens is 430 g/mol. The minimum atomic E-state index is -0.903. The molecule has 34 heavy (non-hydrogen) atoms. The molecule has 1 unspecified atom stereocenters. The zero-order valence-electron chi connectivity index (χ0n) is 20.8. The quantitative estimate of drug-likeness (QED) is 0.640. The van der Waals surface area contributed by atoms with E-state index in [0.717, 1.165) is 26.1 Å². The predicted molar refractivity (Wildman–Crippen MR) is 131 cm³/mol. The van der Waals surface area contributed by atoms with Crippen molar-refractivity contribution in [3.63, 3.8) is 0 Å². The topological polar surface area (TPSA) is 97.7 Å². The third kappa shape index (κ3) is 7.71. The summed E-state index contributed by atoms with van der Waals surface area (Å²) in [6, 6.07) is 11.8. The highest BCUT2D eigenvalue weighted by Crippen LogP contribution is 2.25. The Balaban J connectivity index is 1.57. The molecule has 0 aromatic heterocycles. The van der Waals surface area contributed by atoms with Gasteiger partial charge in [-0.05, 0) is 36.7 Å². The van der Waals surface area contributed by atoms with Crippen molar-refractivity contribution in [2.45, 2.75) is 58.0 Å². The molecule has 0 bridgehead atoms. The smallest absolute Gasteiger partial charge is 0.318 e. The second kappa shape index (κ2) is 11.7. The SMILES string of the molecule is CC(C)(C)CC(NC(=O)N1CCOCC1)C(=O)NC1(C#N)CCN(CCc2ccccc2)CC1. The number of benzene rings is 1. The molecule has 2 N–H and O–H groups in total. The number of amides is 3. The molecule has 1 atom stereocenters. The number of ether oxygens (including phenoxy) is 1. The number of carbonyl (C=O) groups is 2. The van der Waals surface area contributed by atoms with Crippen LogP contribution in [-0.2, 0) is 16.0 Å². The van der Waals surface area contributed by atoms with Gasteiger partial charge in [0.2, 0.25) is 5.91 Å². The van der Waals surface area contributed by atoms with Crippen molar-refractivity contribution in [3.05, 3.63) is 35.9 Å². The highest BCUT2D eigenvalue weighted by molar-refractivity contribution is 5.88. The number of urea groups is 1. The Morgan fingerprint density at radius 3 is 2.35 bits per heavy atom. The fourth-order valence-electron chi connectivity index (χ4n) is 4.51. The van der Waals surface area contributed by atoms with Gasteiger partial charge in [0.25, 0.3) is 0 Å². The van der Waals surface area contributed by atoms with Gasteiger partial charge in [0.1, 0.15) is 11.6 Å². The number of piperidine rings is 1. The minimum Gasteiger partial charge on any atom is -0.378 e. The van der Waals surface area contributed by atoms with Gasteiger partial charge in [-0.3, -0.25) is 4.79 Å². The molecule has 8 heteroatoms. The lowest BCUT2D eigenvalue weighted by Crippen LogP contribution is -2.60. The van der Waals surface area contributed by atoms with Crippen molar-refractivity contribution in [3.8, 4) is 6.07 Å². The van der Waals surface area contributed by atoms with Crippen molar-refractivity contribution in [2.24, 2.45) is 5.41 Å². The molecule has 0 radical (unpaired) electrons. The number of morpholine rings is 1. The van der Waals surface area contributed by atoms with Gasteiger partial charge in [-0.15, -0.1) is 0 Å². The number of nitrogens with one attached hydrogen (secondary N) is 2. The Kier molecular flexibility index (Phi) is 8.92. The van der Waals surface area contributed by atoms with Crippen molar-refractivity contribution < 1.29 is 14.3 Å². The first-order valence-electron chi connectivity index (χ1n) is 12.3. The van der Waals surface area contributed by atoms with Crippen LogP contribution in [0, 0.1) is 16.7 Å². The summed E-state index contributed by atoms with van der Waals surface area (Å²) >= 11 is 0. The first kappa shape index (κ1) is 26.0. The van der Waals surface area contributed by atoms with Crippen LogP contribution < -0.4 is 10.6 Å². The molecule has 2 aliphatic rings. The lowest BCUT2D eigenvalue weighted by atomic mass is 9.85. The molecule has 1 aromatic rings. The van der Waals surface area contributed by atoms with Gasteiger partial charge in [-0.25, -0.2) is 4.79 Å². The number of likely N-dealkylation sites (tertiary alicyclic amines) is 1. The van der Waals surface area contributed by atoms with Crippen molar-refractivity contribution in [1.29, 1.82) is 5.26 Å². The van der Waals surface area contributed by atoms with E-state index in [9.17, 15) is 14.9 Å². The molecule has 3 amide bonds. The number of hydrogen-bond donors (Lipinski definition) is 2. The highest BCUT2D eigenvalue weighted by atomic mass is 16.5. The summed E-state index contributed by atoms with van der Waals surface area (Å²) in [5, 5.41) is 15.9. The summed E-state index contributed by atoms with van der Waals surface area (Å²) in [4.78, 5) is 30.1. The summed E-state index contributed by atoms with van der Waals surface area (Å²) < 4.78 is 5.32. The van der Waals surface area contributed by atoms with Crippen LogP contribution in [0.5, 0.6) is 0 Å². The van der Waals surface area contributed by atoms with Crippen LogP contribution in [0.15, 0.2) is 30.3 Å². The Morgan fingerprint density at radius 1 is 1.12 bits per heavy atom. The van der Waals surface area contributed by atoms with Gasteiger partial charge in [0.15, 0.2) is 0 Å². The maximum Gasteiger partial charge on any atom is 0.318 e. The van der Waals surface area contributed by atoms with Gasteiger partial charge in [-0.1, -0.05) is 51.1 Å². The Labute approximate surface area is 203 Å². The van der Waals surface area contributed by atoms with E-state index in [2.05, 4.69) is 33.7 Å². The summed E-state index contributed by atoms with van der Waals surface area (Å²) in [6.45, 7) is 10.6. The van der Waals surface area contributed by atoms with E-state index in [-0.39, 0.29) is 17.4 Å². The third-order valence-electron chi connectivity index (χ3n) is 6.57. The zero-order chi connectivity index (χ0) is 24.6. The van der Waals surface area contributed by atoms with Crippen molar-refractivity contribution in [1.82, 2.24) is 20.4 Å². The van der Waals surface area contributed by atoms with E-state index in [1.807, 2.05) is 39.0 Å². The van der Waals surface area contributed by atoms with Gasteiger partial charge in [-0.2, -0.15) is 5.26 Å². The molecule has 1 aromatic carbocycles. The van der Waals surface area contributed by atoms with Crippen LogP contribution in [0.25, 0.3) is 0 Å². The maximum atomic E-state index is 13.3. The average Bonchev–Trinajstić information content (AvgIpc) is 2.83. The van der Waals surface area contributed by atoms with Gasteiger partial charge in [0, 0.05) is 32.7 Å². The number of hydrogen-bond acceptors (Lipinski definition) is 5. The predicted octanol–water partition coefficient (Wildman–Crippen LogP) is 2.55. The van der Waals surface area contributed by atoms with E-state index < -0.39 is 11.6 Å². The molecule has 0 saturated carbocycles. The Bertz CT molecular complexity index is 847. The van der Waals surface area contributed by atoms with Gasteiger partial charge in [0.05, 0.1) is 19.3 Å². The first-order chi connectivity index (χ1) is 16.2.